The molecule has 3 N–H and O–H groups in total. The largest absolute Gasteiger partial charge is 0.491 e. The number of hydrogen-bond donors (Lipinski definition) is 3. The lowest BCUT2D eigenvalue weighted by atomic mass is 10.2. The molecule has 2 rings (SSSR count). The highest BCUT2D eigenvalue weighted by Gasteiger charge is 2.06. The zero-order valence-electron chi connectivity index (χ0n) is 11.4. The third kappa shape index (κ3) is 5.21. The minimum absolute atomic E-state index is 0. The molecule has 1 aromatic carbocycles. The van der Waals surface area contributed by atoms with E-state index >= 15 is 0 Å². The highest BCUT2D eigenvalue weighted by Crippen LogP contribution is 2.08. The molecule has 2 aromatic rings. The van der Waals surface area contributed by atoms with Crippen molar-refractivity contribution in [2.75, 3.05) is 13.2 Å². The fourth-order valence-corrected chi connectivity index (χ4v) is 1.70. The van der Waals surface area contributed by atoms with E-state index < -0.39 is 6.10 Å². The van der Waals surface area contributed by atoms with Crippen LogP contribution in [0.3, 0.4) is 0 Å². The molecule has 5 nitrogen and oxygen atoms in total. The van der Waals surface area contributed by atoms with Crippen molar-refractivity contribution in [2.24, 2.45) is 0 Å². The van der Waals surface area contributed by atoms with Gasteiger partial charge >= 0.3 is 0 Å². The summed E-state index contributed by atoms with van der Waals surface area (Å²) in [5.41, 5.74) is 2.15. The Hall–Kier alpha value is -1.56. The van der Waals surface area contributed by atoms with Crippen LogP contribution in [0, 0.1) is 6.92 Å². The minimum Gasteiger partial charge on any atom is -0.491 e. The Labute approximate surface area is 124 Å². The fraction of sp³-hybridized carbons (Fsp3) is 0.357. The molecule has 0 fully saturated rings. The minimum atomic E-state index is -0.535. The third-order valence-corrected chi connectivity index (χ3v) is 2.82. The van der Waals surface area contributed by atoms with Crippen molar-refractivity contribution < 1.29 is 9.84 Å². The van der Waals surface area contributed by atoms with Crippen LogP contribution in [0.15, 0.2) is 36.5 Å². The lowest BCUT2D eigenvalue weighted by molar-refractivity contribution is 0.106. The molecule has 1 heterocycles. The summed E-state index contributed by atoms with van der Waals surface area (Å²) in [6.07, 6.45) is 1.25. The number of halogens is 1. The van der Waals surface area contributed by atoms with Crippen molar-refractivity contribution in [3.05, 3.63) is 47.8 Å². The Bertz CT molecular complexity index is 490. The number of aromatic amines is 1. The van der Waals surface area contributed by atoms with E-state index in [1.54, 1.807) is 6.20 Å². The van der Waals surface area contributed by atoms with Gasteiger partial charge < -0.3 is 15.2 Å². The van der Waals surface area contributed by atoms with E-state index in [-0.39, 0.29) is 19.0 Å². The average Bonchev–Trinajstić information content (AvgIpc) is 2.83. The van der Waals surface area contributed by atoms with Crippen LogP contribution >= 0.6 is 12.4 Å². The van der Waals surface area contributed by atoms with E-state index in [2.05, 4.69) is 15.5 Å². The molecule has 0 aliphatic heterocycles. The van der Waals surface area contributed by atoms with Gasteiger partial charge in [-0.05, 0) is 19.1 Å². The molecule has 1 aromatic heterocycles. The molecular formula is C14H20ClN3O2. The summed E-state index contributed by atoms with van der Waals surface area (Å²) in [4.78, 5) is 0. The molecule has 1 atom stereocenters. The number of para-hydroxylation sites is 1. The second kappa shape index (κ2) is 8.58. The predicted octanol–water partition coefficient (Wildman–Crippen LogP) is 1.67. The first-order chi connectivity index (χ1) is 9.25. The number of nitrogens with one attached hydrogen (secondary N) is 2. The zero-order chi connectivity index (χ0) is 13.5. The summed E-state index contributed by atoms with van der Waals surface area (Å²) in [5, 5.41) is 19.8. The van der Waals surface area contributed by atoms with Gasteiger partial charge in [-0.3, -0.25) is 5.10 Å². The second-order valence-corrected chi connectivity index (χ2v) is 4.43. The average molecular weight is 298 g/mol. The first-order valence-electron chi connectivity index (χ1n) is 6.31. The first-order valence-corrected chi connectivity index (χ1v) is 6.31. The lowest BCUT2D eigenvalue weighted by Crippen LogP contribution is -2.31. The molecule has 6 heteroatoms. The van der Waals surface area contributed by atoms with Gasteiger partial charge in [0.25, 0.3) is 0 Å². The summed E-state index contributed by atoms with van der Waals surface area (Å²) < 4.78 is 5.47. The van der Waals surface area contributed by atoms with Gasteiger partial charge in [-0.25, -0.2) is 0 Å². The van der Waals surface area contributed by atoms with Crippen LogP contribution < -0.4 is 10.1 Å². The molecule has 0 aliphatic rings. The molecule has 0 spiro atoms. The van der Waals surface area contributed by atoms with Gasteiger partial charge in [-0.15, -0.1) is 12.4 Å². The number of rotatable bonds is 7. The number of aromatic nitrogens is 2. The van der Waals surface area contributed by atoms with Crippen molar-refractivity contribution >= 4 is 12.4 Å². The number of hydrogen-bond acceptors (Lipinski definition) is 4. The van der Waals surface area contributed by atoms with E-state index in [0.29, 0.717) is 13.1 Å². The Morgan fingerprint density at radius 1 is 1.35 bits per heavy atom. The second-order valence-electron chi connectivity index (χ2n) is 4.43. The Kier molecular flexibility index (Phi) is 7.08. The van der Waals surface area contributed by atoms with E-state index in [1.165, 1.54) is 0 Å². The number of nitrogens with zero attached hydrogens (tertiary/aromatic N) is 1. The zero-order valence-corrected chi connectivity index (χ0v) is 12.2. The van der Waals surface area contributed by atoms with Gasteiger partial charge in [0.1, 0.15) is 18.5 Å². The molecule has 0 amide bonds. The number of ether oxygens (including phenoxy) is 1. The van der Waals surface area contributed by atoms with Crippen LogP contribution in [-0.2, 0) is 6.54 Å². The van der Waals surface area contributed by atoms with Crippen molar-refractivity contribution in [1.82, 2.24) is 15.5 Å². The topological polar surface area (TPSA) is 70.2 Å². The predicted molar refractivity (Wildman–Crippen MR) is 80.2 cm³/mol. The number of H-pyrrole nitrogens is 1. The molecule has 0 aliphatic carbocycles. The summed E-state index contributed by atoms with van der Waals surface area (Å²) in [6, 6.07) is 9.48. The van der Waals surface area contributed by atoms with E-state index in [9.17, 15) is 5.11 Å². The molecule has 0 bridgehead atoms. The SMILES string of the molecule is Cc1[nH]ncc1CNCC(O)COc1ccccc1.Cl. The van der Waals surface area contributed by atoms with Crippen molar-refractivity contribution in [1.29, 1.82) is 0 Å². The number of aryl methyl sites for hydroxylation is 1. The van der Waals surface area contributed by atoms with Crippen molar-refractivity contribution in [2.45, 2.75) is 19.6 Å². The van der Waals surface area contributed by atoms with Crippen LogP contribution in [0.1, 0.15) is 11.3 Å². The summed E-state index contributed by atoms with van der Waals surface area (Å²) in [6.45, 7) is 3.42. The van der Waals surface area contributed by atoms with Crippen LogP contribution in [0.2, 0.25) is 0 Å². The van der Waals surface area contributed by atoms with Crippen molar-refractivity contribution in [3.63, 3.8) is 0 Å². The fourth-order valence-electron chi connectivity index (χ4n) is 1.70. The van der Waals surface area contributed by atoms with Crippen LogP contribution in [0.25, 0.3) is 0 Å². The van der Waals surface area contributed by atoms with Crippen LogP contribution in [-0.4, -0.2) is 34.6 Å². The first kappa shape index (κ1) is 16.5. The molecule has 0 radical (unpaired) electrons. The van der Waals surface area contributed by atoms with Crippen LogP contribution in [0.4, 0.5) is 0 Å². The van der Waals surface area contributed by atoms with Gasteiger partial charge in [0, 0.05) is 24.3 Å². The van der Waals surface area contributed by atoms with E-state index in [0.717, 1.165) is 17.0 Å². The highest BCUT2D eigenvalue weighted by atomic mass is 35.5. The number of benzene rings is 1. The van der Waals surface area contributed by atoms with Crippen molar-refractivity contribution in [3.8, 4) is 5.75 Å². The van der Waals surface area contributed by atoms with E-state index in [4.69, 9.17) is 4.74 Å². The van der Waals surface area contributed by atoms with Gasteiger partial charge in [-0.1, -0.05) is 18.2 Å². The normalized spacial score (nSPS) is 11.7. The third-order valence-electron chi connectivity index (χ3n) is 2.82. The maximum absolute atomic E-state index is 9.80. The highest BCUT2D eigenvalue weighted by molar-refractivity contribution is 5.85. The van der Waals surface area contributed by atoms with Gasteiger partial charge in [-0.2, -0.15) is 5.10 Å². The Balaban J connectivity index is 0.00000200. The van der Waals surface area contributed by atoms with Gasteiger partial charge in [0.2, 0.25) is 0 Å². The number of aliphatic hydroxyl groups is 1. The quantitative estimate of drug-likeness (QED) is 0.727. The molecule has 0 saturated heterocycles. The maximum atomic E-state index is 9.80. The van der Waals surface area contributed by atoms with Gasteiger partial charge in [0.05, 0.1) is 6.20 Å². The number of aliphatic hydroxyl groups excluding tert-OH is 1. The standard InChI is InChI=1S/C14H19N3O2.ClH/c1-11-12(8-16-17-11)7-15-9-13(18)10-19-14-5-3-2-4-6-14;/h2-6,8,13,15,18H,7,9-10H2,1H3,(H,16,17);1H. The summed E-state index contributed by atoms with van der Waals surface area (Å²) in [5.74, 6) is 0.771. The summed E-state index contributed by atoms with van der Waals surface area (Å²) >= 11 is 0. The van der Waals surface area contributed by atoms with Gasteiger partial charge in [0.15, 0.2) is 0 Å². The Morgan fingerprint density at radius 2 is 2.10 bits per heavy atom. The summed E-state index contributed by atoms with van der Waals surface area (Å²) in [7, 11) is 0. The molecule has 0 saturated carbocycles. The Morgan fingerprint density at radius 3 is 2.75 bits per heavy atom. The van der Waals surface area contributed by atoms with Crippen LogP contribution in [0.5, 0.6) is 5.75 Å². The lowest BCUT2D eigenvalue weighted by Gasteiger charge is -2.13. The maximum Gasteiger partial charge on any atom is 0.119 e. The molecule has 1 unspecified atom stereocenters. The molecule has 20 heavy (non-hydrogen) atoms. The van der Waals surface area contributed by atoms with E-state index in [1.807, 2.05) is 37.3 Å². The monoisotopic (exact) mass is 297 g/mol. The molecule has 110 valence electrons. The molecular weight excluding hydrogens is 278 g/mol. The smallest absolute Gasteiger partial charge is 0.119 e.